The molecule has 94 valence electrons. The molecule has 0 spiro atoms. The highest BCUT2D eigenvalue weighted by atomic mass is 32.1. The van der Waals surface area contributed by atoms with Gasteiger partial charge in [-0.05, 0) is 49.3 Å². The third-order valence-corrected chi connectivity index (χ3v) is 5.35. The van der Waals surface area contributed by atoms with Crippen molar-refractivity contribution in [2.75, 3.05) is 25.9 Å². The second-order valence-corrected chi connectivity index (χ2v) is 6.70. The quantitative estimate of drug-likeness (QED) is 0.722. The molecule has 0 bridgehead atoms. The molecule has 16 heavy (non-hydrogen) atoms. The lowest BCUT2D eigenvalue weighted by Gasteiger charge is -2.39. The van der Waals surface area contributed by atoms with Crippen molar-refractivity contribution in [3.05, 3.63) is 0 Å². The fraction of sp³-hybridized carbons (Fsp3) is 1.00. The van der Waals surface area contributed by atoms with E-state index in [-0.39, 0.29) is 0 Å². The van der Waals surface area contributed by atoms with Crippen LogP contribution < -0.4 is 0 Å². The highest BCUT2D eigenvalue weighted by Crippen LogP contribution is 2.41. The highest BCUT2D eigenvalue weighted by molar-refractivity contribution is 7.80. The summed E-state index contributed by atoms with van der Waals surface area (Å²) in [6, 6.07) is 0. The molecular formula is C14H27NS. The van der Waals surface area contributed by atoms with Crippen LogP contribution in [0.3, 0.4) is 0 Å². The smallest absolute Gasteiger partial charge is 0.00429 e. The van der Waals surface area contributed by atoms with Crippen molar-refractivity contribution >= 4 is 12.6 Å². The van der Waals surface area contributed by atoms with Gasteiger partial charge in [-0.25, -0.2) is 0 Å². The highest BCUT2D eigenvalue weighted by Gasteiger charge is 2.36. The van der Waals surface area contributed by atoms with E-state index in [0.29, 0.717) is 5.41 Å². The predicted molar refractivity (Wildman–Crippen MR) is 74.1 cm³/mol. The van der Waals surface area contributed by atoms with Crippen molar-refractivity contribution in [1.29, 1.82) is 0 Å². The van der Waals surface area contributed by atoms with Crippen molar-refractivity contribution in [2.45, 2.75) is 45.4 Å². The zero-order chi connectivity index (χ0) is 11.6. The summed E-state index contributed by atoms with van der Waals surface area (Å²) in [5.74, 6) is 3.06. The zero-order valence-electron chi connectivity index (χ0n) is 10.9. The first kappa shape index (κ1) is 12.8. The molecule has 0 aromatic rings. The molecule has 1 nitrogen and oxygen atoms in total. The molecule has 0 aliphatic heterocycles. The van der Waals surface area contributed by atoms with Crippen LogP contribution in [0.1, 0.15) is 45.4 Å². The van der Waals surface area contributed by atoms with Crippen LogP contribution in [-0.2, 0) is 0 Å². The molecule has 0 amide bonds. The first-order valence-electron chi connectivity index (χ1n) is 6.95. The lowest BCUT2D eigenvalue weighted by atomic mass is 9.75. The largest absolute Gasteiger partial charge is 0.306 e. The van der Waals surface area contributed by atoms with Gasteiger partial charge in [0.2, 0.25) is 0 Å². The van der Waals surface area contributed by atoms with Gasteiger partial charge in [0.25, 0.3) is 0 Å². The van der Waals surface area contributed by atoms with E-state index in [2.05, 4.69) is 31.5 Å². The van der Waals surface area contributed by atoms with Gasteiger partial charge in [-0.2, -0.15) is 12.6 Å². The number of hydrogen-bond donors (Lipinski definition) is 1. The molecule has 2 saturated carbocycles. The Hall–Kier alpha value is 0.310. The Morgan fingerprint density at radius 2 is 1.88 bits per heavy atom. The molecule has 0 aromatic heterocycles. The van der Waals surface area contributed by atoms with Gasteiger partial charge in [0.05, 0.1) is 0 Å². The third-order valence-electron chi connectivity index (χ3n) is 4.68. The number of rotatable bonds is 5. The molecule has 2 rings (SSSR count). The molecule has 0 saturated heterocycles. The Morgan fingerprint density at radius 1 is 1.25 bits per heavy atom. The molecule has 0 N–H and O–H groups in total. The van der Waals surface area contributed by atoms with E-state index in [4.69, 9.17) is 0 Å². The summed E-state index contributed by atoms with van der Waals surface area (Å²) >= 11 is 4.62. The van der Waals surface area contributed by atoms with Crippen LogP contribution in [0.15, 0.2) is 0 Å². The average Bonchev–Trinajstić information content (AvgIpc) is 2.95. The van der Waals surface area contributed by atoms with Gasteiger partial charge in [-0.15, -0.1) is 0 Å². The summed E-state index contributed by atoms with van der Waals surface area (Å²) < 4.78 is 0. The molecule has 2 aliphatic rings. The van der Waals surface area contributed by atoms with E-state index in [1.807, 2.05) is 0 Å². The predicted octanol–water partition coefficient (Wildman–Crippen LogP) is 3.45. The van der Waals surface area contributed by atoms with E-state index in [1.165, 1.54) is 51.6 Å². The Balaban J connectivity index is 1.80. The van der Waals surface area contributed by atoms with E-state index in [9.17, 15) is 0 Å². The van der Waals surface area contributed by atoms with Crippen LogP contribution >= 0.6 is 12.6 Å². The van der Waals surface area contributed by atoms with Crippen LogP contribution in [0.4, 0.5) is 0 Å². The van der Waals surface area contributed by atoms with Gasteiger partial charge >= 0.3 is 0 Å². The lowest BCUT2D eigenvalue weighted by molar-refractivity contribution is 0.140. The molecule has 2 atom stereocenters. The van der Waals surface area contributed by atoms with Gasteiger partial charge < -0.3 is 4.90 Å². The molecule has 2 fully saturated rings. The van der Waals surface area contributed by atoms with E-state index in [1.54, 1.807) is 0 Å². The molecular weight excluding hydrogens is 214 g/mol. The van der Waals surface area contributed by atoms with Crippen LogP contribution in [0, 0.1) is 17.3 Å². The maximum Gasteiger partial charge on any atom is 0.00429 e. The van der Waals surface area contributed by atoms with E-state index >= 15 is 0 Å². The van der Waals surface area contributed by atoms with Crippen molar-refractivity contribution in [1.82, 2.24) is 4.90 Å². The Morgan fingerprint density at radius 3 is 2.38 bits per heavy atom. The second kappa shape index (κ2) is 5.30. The fourth-order valence-electron chi connectivity index (χ4n) is 3.36. The summed E-state index contributed by atoms with van der Waals surface area (Å²) in [6.45, 7) is 4.98. The summed E-state index contributed by atoms with van der Waals surface area (Å²) in [5, 5.41) is 0. The first-order chi connectivity index (χ1) is 7.65. The summed E-state index contributed by atoms with van der Waals surface area (Å²) in [5.41, 5.74) is 0.536. The minimum Gasteiger partial charge on any atom is -0.306 e. The standard InChI is InChI=1S/C14H27NS/c1-12-8-13(12)9-15(2)10-14(11-16)6-4-3-5-7-14/h12-13,16H,3-11H2,1-2H3. The van der Waals surface area contributed by atoms with Gasteiger partial charge in [0.15, 0.2) is 0 Å². The maximum atomic E-state index is 4.62. The topological polar surface area (TPSA) is 3.24 Å². The molecule has 0 aromatic carbocycles. The zero-order valence-corrected chi connectivity index (χ0v) is 11.8. The molecule has 2 heteroatoms. The van der Waals surface area contributed by atoms with Crippen LogP contribution in [0.2, 0.25) is 0 Å². The summed E-state index contributed by atoms with van der Waals surface area (Å²) in [7, 11) is 2.31. The second-order valence-electron chi connectivity index (χ2n) is 6.39. The van der Waals surface area contributed by atoms with Crippen LogP contribution in [0.5, 0.6) is 0 Å². The Kier molecular flexibility index (Phi) is 4.23. The Labute approximate surface area is 106 Å². The van der Waals surface area contributed by atoms with Gasteiger partial charge in [0.1, 0.15) is 0 Å². The average molecular weight is 241 g/mol. The lowest BCUT2D eigenvalue weighted by Crippen LogP contribution is -2.39. The maximum absolute atomic E-state index is 4.62. The Bertz CT molecular complexity index is 223. The van der Waals surface area contributed by atoms with Crippen molar-refractivity contribution < 1.29 is 0 Å². The molecule has 0 radical (unpaired) electrons. The summed E-state index contributed by atoms with van der Waals surface area (Å²) in [4.78, 5) is 2.58. The van der Waals surface area contributed by atoms with Gasteiger partial charge in [-0.1, -0.05) is 26.2 Å². The van der Waals surface area contributed by atoms with E-state index < -0.39 is 0 Å². The fourth-order valence-corrected chi connectivity index (χ4v) is 3.78. The SMILES string of the molecule is CC1CC1CN(C)CC1(CS)CCCCC1. The van der Waals surface area contributed by atoms with Crippen LogP contribution in [0.25, 0.3) is 0 Å². The molecule has 2 unspecified atom stereocenters. The minimum absolute atomic E-state index is 0.536. The number of nitrogens with zero attached hydrogens (tertiary/aromatic N) is 1. The summed E-state index contributed by atoms with van der Waals surface area (Å²) in [6.07, 6.45) is 8.56. The van der Waals surface area contributed by atoms with Crippen LogP contribution in [-0.4, -0.2) is 30.8 Å². The van der Waals surface area contributed by atoms with Crippen molar-refractivity contribution in [3.63, 3.8) is 0 Å². The molecule has 2 aliphatic carbocycles. The van der Waals surface area contributed by atoms with Gasteiger partial charge in [-0.3, -0.25) is 0 Å². The van der Waals surface area contributed by atoms with E-state index in [0.717, 1.165) is 17.6 Å². The third kappa shape index (κ3) is 3.16. The minimum atomic E-state index is 0.536. The molecule has 0 heterocycles. The monoisotopic (exact) mass is 241 g/mol. The number of thiol groups is 1. The number of hydrogen-bond acceptors (Lipinski definition) is 2. The van der Waals surface area contributed by atoms with Gasteiger partial charge in [0, 0.05) is 13.1 Å². The van der Waals surface area contributed by atoms with Crippen molar-refractivity contribution in [2.24, 2.45) is 17.3 Å². The van der Waals surface area contributed by atoms with Crippen molar-refractivity contribution in [3.8, 4) is 0 Å². The normalized spacial score (nSPS) is 33.0. The first-order valence-corrected chi connectivity index (χ1v) is 7.58.